The van der Waals surface area contributed by atoms with Crippen molar-refractivity contribution in [2.75, 3.05) is 19.6 Å². The van der Waals surface area contributed by atoms with Crippen LogP contribution in [0.4, 0.5) is 0 Å². The first-order valence-electron chi connectivity index (χ1n) is 7.70. The predicted molar refractivity (Wildman–Crippen MR) is 101 cm³/mol. The third kappa shape index (κ3) is 6.70. The molecule has 2 N–H and O–H groups in total. The molecule has 1 amide bonds. The van der Waals surface area contributed by atoms with Gasteiger partial charge in [-0.1, -0.05) is 53.0 Å². The van der Waals surface area contributed by atoms with Gasteiger partial charge in [-0.3, -0.25) is 4.79 Å². The van der Waals surface area contributed by atoms with Gasteiger partial charge >= 0.3 is 0 Å². The highest BCUT2D eigenvalue weighted by Gasteiger charge is 2.03. The van der Waals surface area contributed by atoms with E-state index in [-0.39, 0.29) is 12.5 Å². The van der Waals surface area contributed by atoms with Gasteiger partial charge in [0.05, 0.1) is 6.54 Å². The summed E-state index contributed by atoms with van der Waals surface area (Å²) in [5.41, 5.74) is 2.15. The number of halogens is 3. The minimum atomic E-state index is -0.0221. The SMILES string of the molecule is O=C(CNCCc1ccc(Cl)cc1Cl)NCCc1ccc(Cl)cc1. The molecule has 2 aromatic rings. The summed E-state index contributed by atoms with van der Waals surface area (Å²) in [6.07, 6.45) is 1.53. The van der Waals surface area contributed by atoms with Crippen molar-refractivity contribution >= 4 is 40.7 Å². The number of nitrogens with one attached hydrogen (secondary N) is 2. The maximum absolute atomic E-state index is 11.8. The van der Waals surface area contributed by atoms with Gasteiger partial charge in [0.25, 0.3) is 0 Å². The molecule has 0 saturated carbocycles. The fourth-order valence-electron chi connectivity index (χ4n) is 2.21. The first-order valence-corrected chi connectivity index (χ1v) is 8.84. The predicted octanol–water partition coefficient (Wildman–Crippen LogP) is 4.14. The molecule has 0 radical (unpaired) electrons. The summed E-state index contributed by atoms with van der Waals surface area (Å²) in [5.74, 6) is -0.0221. The van der Waals surface area contributed by atoms with E-state index in [0.29, 0.717) is 28.2 Å². The molecule has 24 heavy (non-hydrogen) atoms. The molecule has 6 heteroatoms. The van der Waals surface area contributed by atoms with Crippen molar-refractivity contribution in [1.29, 1.82) is 0 Å². The Morgan fingerprint density at radius 3 is 2.29 bits per heavy atom. The molecule has 0 atom stereocenters. The highest BCUT2D eigenvalue weighted by molar-refractivity contribution is 6.35. The molecule has 2 aromatic carbocycles. The van der Waals surface area contributed by atoms with Gasteiger partial charge < -0.3 is 10.6 Å². The van der Waals surface area contributed by atoms with Gasteiger partial charge in [0.1, 0.15) is 0 Å². The number of carbonyl (C=O) groups is 1. The third-order valence-electron chi connectivity index (χ3n) is 3.52. The van der Waals surface area contributed by atoms with E-state index in [9.17, 15) is 4.79 Å². The van der Waals surface area contributed by atoms with Crippen LogP contribution in [0.3, 0.4) is 0 Å². The number of hydrogen-bond donors (Lipinski definition) is 2. The largest absolute Gasteiger partial charge is 0.355 e. The van der Waals surface area contributed by atoms with Gasteiger partial charge in [0.15, 0.2) is 0 Å². The summed E-state index contributed by atoms with van der Waals surface area (Å²) in [6, 6.07) is 13.1. The van der Waals surface area contributed by atoms with E-state index in [1.54, 1.807) is 6.07 Å². The van der Waals surface area contributed by atoms with Crippen LogP contribution < -0.4 is 10.6 Å². The van der Waals surface area contributed by atoms with Gasteiger partial charge in [-0.15, -0.1) is 0 Å². The first-order chi connectivity index (χ1) is 11.5. The Morgan fingerprint density at radius 1 is 0.875 bits per heavy atom. The third-order valence-corrected chi connectivity index (χ3v) is 4.36. The van der Waals surface area contributed by atoms with Crippen molar-refractivity contribution in [3.63, 3.8) is 0 Å². The van der Waals surface area contributed by atoms with Crippen molar-refractivity contribution in [2.24, 2.45) is 0 Å². The molecule has 0 bridgehead atoms. The minimum Gasteiger partial charge on any atom is -0.355 e. The van der Waals surface area contributed by atoms with Crippen LogP contribution in [0.5, 0.6) is 0 Å². The molecular weight excluding hydrogens is 367 g/mol. The van der Waals surface area contributed by atoms with E-state index < -0.39 is 0 Å². The van der Waals surface area contributed by atoms with Crippen LogP contribution in [0.2, 0.25) is 15.1 Å². The summed E-state index contributed by atoms with van der Waals surface area (Å²) >= 11 is 17.8. The number of rotatable bonds is 8. The molecule has 0 saturated heterocycles. The van der Waals surface area contributed by atoms with Crippen molar-refractivity contribution in [3.05, 3.63) is 68.7 Å². The zero-order chi connectivity index (χ0) is 17.4. The molecule has 0 aliphatic heterocycles. The number of benzene rings is 2. The highest BCUT2D eigenvalue weighted by Crippen LogP contribution is 2.20. The topological polar surface area (TPSA) is 41.1 Å². The molecule has 2 rings (SSSR count). The van der Waals surface area contributed by atoms with E-state index in [1.807, 2.05) is 36.4 Å². The van der Waals surface area contributed by atoms with Crippen LogP contribution in [-0.2, 0) is 17.6 Å². The lowest BCUT2D eigenvalue weighted by molar-refractivity contribution is -0.120. The van der Waals surface area contributed by atoms with E-state index in [2.05, 4.69) is 10.6 Å². The zero-order valence-corrected chi connectivity index (χ0v) is 15.4. The van der Waals surface area contributed by atoms with E-state index >= 15 is 0 Å². The second kappa shape index (κ2) is 9.90. The lowest BCUT2D eigenvalue weighted by Gasteiger charge is -2.08. The molecule has 0 spiro atoms. The van der Waals surface area contributed by atoms with Gasteiger partial charge in [-0.05, 0) is 54.8 Å². The Balaban J connectivity index is 1.60. The maximum atomic E-state index is 11.8. The monoisotopic (exact) mass is 384 g/mol. The second-order valence-corrected chi connectivity index (χ2v) is 6.67. The van der Waals surface area contributed by atoms with Gasteiger partial charge in [0, 0.05) is 21.6 Å². The molecule has 128 valence electrons. The number of amides is 1. The Bertz CT molecular complexity index is 674. The average molecular weight is 386 g/mol. The van der Waals surface area contributed by atoms with Crippen LogP contribution >= 0.6 is 34.8 Å². The highest BCUT2D eigenvalue weighted by atomic mass is 35.5. The lowest BCUT2D eigenvalue weighted by atomic mass is 10.1. The summed E-state index contributed by atoms with van der Waals surface area (Å²) in [4.78, 5) is 11.8. The molecule has 0 unspecified atom stereocenters. The smallest absolute Gasteiger partial charge is 0.233 e. The zero-order valence-electron chi connectivity index (χ0n) is 13.1. The van der Waals surface area contributed by atoms with E-state index in [0.717, 1.165) is 24.0 Å². The van der Waals surface area contributed by atoms with Gasteiger partial charge in [0.2, 0.25) is 5.91 Å². The molecule has 0 heterocycles. The van der Waals surface area contributed by atoms with Crippen LogP contribution in [0.1, 0.15) is 11.1 Å². The van der Waals surface area contributed by atoms with Gasteiger partial charge in [-0.2, -0.15) is 0 Å². The minimum absolute atomic E-state index is 0.0221. The summed E-state index contributed by atoms with van der Waals surface area (Å²) in [6.45, 7) is 1.56. The van der Waals surface area contributed by atoms with Crippen molar-refractivity contribution in [1.82, 2.24) is 10.6 Å². The van der Waals surface area contributed by atoms with Gasteiger partial charge in [-0.25, -0.2) is 0 Å². The molecule has 0 fully saturated rings. The van der Waals surface area contributed by atoms with Crippen molar-refractivity contribution in [2.45, 2.75) is 12.8 Å². The molecule has 3 nitrogen and oxygen atoms in total. The van der Waals surface area contributed by atoms with Crippen LogP contribution in [0, 0.1) is 0 Å². The Labute approximate surface area is 157 Å². The first kappa shape index (κ1) is 19.1. The standard InChI is InChI=1S/C18H19Cl3N2O/c19-15-4-1-13(2-5-15)7-10-23-18(24)12-22-9-8-14-3-6-16(20)11-17(14)21/h1-6,11,22H,7-10,12H2,(H,23,24). The summed E-state index contributed by atoms with van der Waals surface area (Å²) < 4.78 is 0. The Kier molecular flexibility index (Phi) is 7.86. The molecular formula is C18H19Cl3N2O. The van der Waals surface area contributed by atoms with Crippen molar-refractivity contribution in [3.8, 4) is 0 Å². The van der Waals surface area contributed by atoms with Crippen LogP contribution in [0.25, 0.3) is 0 Å². The Morgan fingerprint density at radius 2 is 1.58 bits per heavy atom. The molecule has 0 aliphatic carbocycles. The van der Waals surface area contributed by atoms with E-state index in [1.165, 1.54) is 0 Å². The normalized spacial score (nSPS) is 10.6. The fraction of sp³-hybridized carbons (Fsp3) is 0.278. The maximum Gasteiger partial charge on any atom is 0.233 e. The quantitative estimate of drug-likeness (QED) is 0.671. The summed E-state index contributed by atoms with van der Waals surface area (Å²) in [5, 5.41) is 7.98. The molecule has 0 aromatic heterocycles. The molecule has 0 aliphatic rings. The number of hydrogen-bond acceptors (Lipinski definition) is 2. The lowest BCUT2D eigenvalue weighted by Crippen LogP contribution is -2.35. The van der Waals surface area contributed by atoms with Crippen molar-refractivity contribution < 1.29 is 4.79 Å². The average Bonchev–Trinajstić information content (AvgIpc) is 2.55. The summed E-state index contributed by atoms with van der Waals surface area (Å²) in [7, 11) is 0. The Hall–Kier alpha value is -1.26. The second-order valence-electron chi connectivity index (χ2n) is 5.39. The van der Waals surface area contributed by atoms with E-state index in [4.69, 9.17) is 34.8 Å². The van der Waals surface area contributed by atoms with Crippen LogP contribution in [-0.4, -0.2) is 25.5 Å². The fourth-order valence-corrected chi connectivity index (χ4v) is 2.84. The number of carbonyl (C=O) groups excluding carboxylic acids is 1. The van der Waals surface area contributed by atoms with Crippen LogP contribution in [0.15, 0.2) is 42.5 Å².